The van der Waals surface area contributed by atoms with Gasteiger partial charge in [0.25, 0.3) is 0 Å². The van der Waals surface area contributed by atoms with Gasteiger partial charge in [-0.25, -0.2) is 9.59 Å². The summed E-state index contributed by atoms with van der Waals surface area (Å²) in [5.41, 5.74) is 4.35. The zero-order valence-electron chi connectivity index (χ0n) is 25.0. The summed E-state index contributed by atoms with van der Waals surface area (Å²) in [6.45, 7) is 17.6. The van der Waals surface area contributed by atoms with Crippen molar-refractivity contribution in [1.29, 1.82) is 0 Å². The highest BCUT2D eigenvalue weighted by Gasteiger charge is 2.45. The highest BCUT2D eigenvalue weighted by Crippen LogP contribution is 2.53. The highest BCUT2D eigenvalue weighted by atomic mass is 16.7. The molecule has 0 heterocycles. The van der Waals surface area contributed by atoms with E-state index >= 15 is 0 Å². The molecule has 0 amide bonds. The van der Waals surface area contributed by atoms with Gasteiger partial charge in [0.2, 0.25) is 0 Å². The number of hydrogen-bond donors (Lipinski definition) is 0. The summed E-state index contributed by atoms with van der Waals surface area (Å²) in [4.78, 5) is 24.1. The van der Waals surface area contributed by atoms with E-state index in [2.05, 4.69) is 39.0 Å². The Kier molecular flexibility index (Phi) is 7.52. The van der Waals surface area contributed by atoms with Crippen LogP contribution in [-0.2, 0) is 20.3 Å². The lowest BCUT2D eigenvalue weighted by atomic mass is 9.75. The Morgan fingerprint density at radius 1 is 0.625 bits per heavy atom. The fraction of sp³-hybridized carbons (Fsp3) is 0.412. The van der Waals surface area contributed by atoms with Gasteiger partial charge in [-0.1, -0.05) is 57.2 Å². The number of benzene rings is 3. The number of carbonyl (C=O) groups is 2. The third kappa shape index (κ3) is 6.67. The topological polar surface area (TPSA) is 71.1 Å². The maximum atomic E-state index is 12.1. The van der Waals surface area contributed by atoms with Crippen molar-refractivity contribution in [3.8, 4) is 22.6 Å². The average molecular weight is 545 g/mol. The standard InChI is InChI=1S/C34H40O6/c1-31(2,3)39-29(35)37-25-15-10-22(11-16-25)23-12-19-27-28(20-23)34(9,21-33(27,7)8)24-13-17-26(18-14-24)38-30(36)40-32(4,5)6/h10-20H,21H2,1-9H3. The second kappa shape index (κ2) is 10.3. The van der Waals surface area contributed by atoms with Crippen LogP contribution in [0.15, 0.2) is 66.7 Å². The molecule has 0 radical (unpaired) electrons. The number of ether oxygens (including phenoxy) is 4. The lowest BCUT2D eigenvalue weighted by Crippen LogP contribution is -2.26. The summed E-state index contributed by atoms with van der Waals surface area (Å²) < 4.78 is 21.2. The zero-order chi connectivity index (χ0) is 29.5. The van der Waals surface area contributed by atoms with E-state index in [4.69, 9.17) is 18.9 Å². The minimum absolute atomic E-state index is 0.0145. The van der Waals surface area contributed by atoms with Gasteiger partial charge < -0.3 is 18.9 Å². The Bertz CT molecular complexity index is 1390. The molecule has 3 aromatic rings. The van der Waals surface area contributed by atoms with Crippen LogP contribution < -0.4 is 9.47 Å². The Labute approximate surface area is 237 Å². The molecule has 1 aliphatic rings. The number of hydrogen-bond acceptors (Lipinski definition) is 6. The zero-order valence-corrected chi connectivity index (χ0v) is 25.0. The first-order valence-electron chi connectivity index (χ1n) is 13.6. The van der Waals surface area contributed by atoms with Crippen molar-refractivity contribution in [1.82, 2.24) is 0 Å². The molecular weight excluding hydrogens is 504 g/mol. The molecule has 0 N–H and O–H groups in total. The molecule has 4 rings (SSSR count). The van der Waals surface area contributed by atoms with Gasteiger partial charge >= 0.3 is 12.3 Å². The first-order valence-corrected chi connectivity index (χ1v) is 13.6. The SMILES string of the molecule is CC(C)(C)OC(=O)Oc1ccc(-c2ccc3c(c2)C(C)(c2ccc(OC(=O)OC(C)(C)C)cc2)CC3(C)C)cc1. The largest absolute Gasteiger partial charge is 0.514 e. The van der Waals surface area contributed by atoms with Gasteiger partial charge in [-0.05, 0) is 112 Å². The minimum atomic E-state index is -0.724. The Balaban J connectivity index is 1.58. The number of rotatable bonds is 4. The highest BCUT2D eigenvalue weighted by molar-refractivity contribution is 5.70. The first-order chi connectivity index (χ1) is 18.5. The van der Waals surface area contributed by atoms with Crippen LogP contribution in [0.3, 0.4) is 0 Å². The van der Waals surface area contributed by atoms with Crippen LogP contribution >= 0.6 is 0 Å². The summed E-state index contributed by atoms with van der Waals surface area (Å²) in [7, 11) is 0. The van der Waals surface area contributed by atoms with Crippen molar-refractivity contribution in [3.05, 3.63) is 83.4 Å². The second-order valence-corrected chi connectivity index (χ2v) is 13.3. The Morgan fingerprint density at radius 3 is 1.55 bits per heavy atom. The van der Waals surface area contributed by atoms with Gasteiger partial charge in [-0.2, -0.15) is 0 Å². The summed E-state index contributed by atoms with van der Waals surface area (Å²) in [5.74, 6) is 0.875. The molecule has 40 heavy (non-hydrogen) atoms. The van der Waals surface area contributed by atoms with E-state index in [1.54, 1.807) is 53.7 Å². The number of fused-ring (bicyclic) bond motifs is 1. The molecule has 0 spiro atoms. The van der Waals surface area contributed by atoms with Crippen LogP contribution in [0.2, 0.25) is 0 Å². The fourth-order valence-corrected chi connectivity index (χ4v) is 5.44. The Morgan fingerprint density at radius 2 is 1.07 bits per heavy atom. The monoisotopic (exact) mass is 544 g/mol. The summed E-state index contributed by atoms with van der Waals surface area (Å²) in [5, 5.41) is 0. The first kappa shape index (κ1) is 29.2. The molecule has 6 heteroatoms. The smallest absolute Gasteiger partial charge is 0.428 e. The molecule has 0 aliphatic heterocycles. The maximum absolute atomic E-state index is 12.1. The second-order valence-electron chi connectivity index (χ2n) is 13.3. The summed E-state index contributed by atoms with van der Waals surface area (Å²) in [6.07, 6.45) is -0.502. The van der Waals surface area contributed by atoms with Crippen LogP contribution in [0.25, 0.3) is 11.1 Å². The van der Waals surface area contributed by atoms with Gasteiger partial charge in [0.15, 0.2) is 0 Å². The van der Waals surface area contributed by atoms with Crippen molar-refractivity contribution in [2.75, 3.05) is 0 Å². The molecule has 0 saturated carbocycles. The Hall–Kier alpha value is -3.80. The lowest BCUT2D eigenvalue weighted by Gasteiger charge is -2.29. The van der Waals surface area contributed by atoms with E-state index in [0.29, 0.717) is 11.5 Å². The van der Waals surface area contributed by atoms with Gasteiger partial charge in [-0.3, -0.25) is 0 Å². The van der Waals surface area contributed by atoms with Crippen LogP contribution in [0.4, 0.5) is 9.59 Å². The molecule has 1 atom stereocenters. The van der Waals surface area contributed by atoms with Crippen LogP contribution in [-0.4, -0.2) is 23.5 Å². The van der Waals surface area contributed by atoms with Crippen LogP contribution in [0, 0.1) is 0 Å². The summed E-state index contributed by atoms with van der Waals surface area (Å²) >= 11 is 0. The van der Waals surface area contributed by atoms with E-state index in [-0.39, 0.29) is 10.8 Å². The van der Waals surface area contributed by atoms with Crippen molar-refractivity contribution < 1.29 is 28.5 Å². The minimum Gasteiger partial charge on any atom is -0.428 e. The quantitative estimate of drug-likeness (QED) is 0.241. The van der Waals surface area contributed by atoms with Crippen molar-refractivity contribution in [2.45, 2.75) is 90.8 Å². The molecule has 3 aromatic carbocycles. The molecule has 1 unspecified atom stereocenters. The van der Waals surface area contributed by atoms with Gasteiger partial charge in [0.1, 0.15) is 22.7 Å². The van der Waals surface area contributed by atoms with Gasteiger partial charge in [0, 0.05) is 5.41 Å². The van der Waals surface area contributed by atoms with E-state index in [1.807, 2.05) is 36.4 Å². The average Bonchev–Trinajstić information content (AvgIpc) is 3.03. The van der Waals surface area contributed by atoms with Crippen LogP contribution in [0.1, 0.15) is 85.4 Å². The van der Waals surface area contributed by atoms with E-state index in [9.17, 15) is 9.59 Å². The molecule has 6 nitrogen and oxygen atoms in total. The molecule has 0 fully saturated rings. The normalized spacial score (nSPS) is 18.0. The van der Waals surface area contributed by atoms with Gasteiger partial charge in [-0.15, -0.1) is 0 Å². The van der Waals surface area contributed by atoms with Crippen molar-refractivity contribution in [2.24, 2.45) is 0 Å². The fourth-order valence-electron chi connectivity index (χ4n) is 5.44. The molecule has 0 saturated heterocycles. The maximum Gasteiger partial charge on any atom is 0.514 e. The molecule has 1 aliphatic carbocycles. The number of carbonyl (C=O) groups excluding carboxylic acids is 2. The predicted octanol–water partition coefficient (Wildman–Crippen LogP) is 8.97. The van der Waals surface area contributed by atoms with Crippen molar-refractivity contribution in [3.63, 3.8) is 0 Å². The molecular formula is C34H40O6. The van der Waals surface area contributed by atoms with E-state index in [0.717, 1.165) is 23.1 Å². The third-order valence-electron chi connectivity index (χ3n) is 7.00. The van der Waals surface area contributed by atoms with Gasteiger partial charge in [0.05, 0.1) is 0 Å². The van der Waals surface area contributed by atoms with E-state index < -0.39 is 23.5 Å². The molecule has 212 valence electrons. The third-order valence-corrected chi connectivity index (χ3v) is 7.00. The molecule has 0 aromatic heterocycles. The van der Waals surface area contributed by atoms with Crippen LogP contribution in [0.5, 0.6) is 11.5 Å². The lowest BCUT2D eigenvalue weighted by molar-refractivity contribution is 0.0193. The van der Waals surface area contributed by atoms with Crippen molar-refractivity contribution >= 4 is 12.3 Å². The van der Waals surface area contributed by atoms with E-state index in [1.165, 1.54) is 11.1 Å². The molecule has 0 bridgehead atoms. The summed E-state index contributed by atoms with van der Waals surface area (Å²) in [6, 6.07) is 21.8. The predicted molar refractivity (Wildman–Crippen MR) is 156 cm³/mol.